The highest BCUT2D eigenvalue weighted by atomic mass is 19.1. The average molecular weight is 509 g/mol. The molecule has 2 aromatic rings. The van der Waals surface area contributed by atoms with Crippen LogP contribution in [0.25, 0.3) is 0 Å². The number of nitrogens with zero attached hydrogens (tertiary/aromatic N) is 2. The van der Waals surface area contributed by atoms with E-state index in [4.69, 9.17) is 0 Å². The number of hydrogen-bond donors (Lipinski definition) is 3. The molecule has 37 heavy (non-hydrogen) atoms. The van der Waals surface area contributed by atoms with Crippen LogP contribution < -0.4 is 10.6 Å². The highest BCUT2D eigenvalue weighted by Crippen LogP contribution is 2.21. The number of aromatic hydroxyl groups is 1. The van der Waals surface area contributed by atoms with Crippen LogP contribution in [0.4, 0.5) is 4.39 Å². The minimum atomic E-state index is -0.581. The van der Waals surface area contributed by atoms with Crippen molar-refractivity contribution in [2.45, 2.75) is 37.9 Å². The second-order valence-electron chi connectivity index (χ2n) is 9.70. The minimum Gasteiger partial charge on any atom is -0.508 e. The van der Waals surface area contributed by atoms with Gasteiger partial charge in [-0.25, -0.2) is 4.39 Å². The second-order valence-corrected chi connectivity index (χ2v) is 9.70. The molecule has 1 unspecified atom stereocenters. The molecule has 0 aliphatic carbocycles. The van der Waals surface area contributed by atoms with Crippen LogP contribution in [0.1, 0.15) is 24.0 Å². The fourth-order valence-electron chi connectivity index (χ4n) is 5.05. The van der Waals surface area contributed by atoms with E-state index in [1.54, 1.807) is 15.9 Å². The fraction of sp³-hybridized carbons (Fsp3) is 0.393. The van der Waals surface area contributed by atoms with Gasteiger partial charge in [0.05, 0.1) is 12.0 Å². The van der Waals surface area contributed by atoms with E-state index < -0.39 is 23.8 Å². The van der Waals surface area contributed by atoms with Crippen molar-refractivity contribution in [1.82, 2.24) is 20.4 Å². The van der Waals surface area contributed by atoms with Crippen molar-refractivity contribution in [2.75, 3.05) is 26.2 Å². The number of carbonyl (C=O) groups is 3. The van der Waals surface area contributed by atoms with Gasteiger partial charge in [0.25, 0.3) is 0 Å². The zero-order valence-corrected chi connectivity index (χ0v) is 20.7. The molecule has 2 aromatic carbocycles. The van der Waals surface area contributed by atoms with Crippen LogP contribution in [-0.2, 0) is 27.3 Å². The maximum atomic E-state index is 14.0. The van der Waals surface area contributed by atoms with Crippen molar-refractivity contribution in [1.29, 1.82) is 0 Å². The number of amides is 3. The number of phenolic OH excluding ortho intramolecular Hbond substituents is 1. The Hall–Kier alpha value is -3.72. The summed E-state index contributed by atoms with van der Waals surface area (Å²) in [6, 6.07) is 12.5. The Morgan fingerprint density at radius 3 is 2.70 bits per heavy atom. The topological polar surface area (TPSA) is 102 Å². The van der Waals surface area contributed by atoms with Gasteiger partial charge in [-0.2, -0.15) is 0 Å². The van der Waals surface area contributed by atoms with Crippen LogP contribution in [0.15, 0.2) is 61.2 Å². The van der Waals surface area contributed by atoms with Crippen molar-refractivity contribution >= 4 is 17.7 Å². The summed E-state index contributed by atoms with van der Waals surface area (Å²) in [4.78, 5) is 42.1. The monoisotopic (exact) mass is 508 g/mol. The molecule has 8 nitrogen and oxygen atoms in total. The average Bonchev–Trinajstić information content (AvgIpc) is 3.22. The molecule has 0 radical (unpaired) electrons. The molecule has 4 rings (SSSR count). The predicted octanol–water partition coefficient (Wildman–Crippen LogP) is 1.98. The Morgan fingerprint density at radius 1 is 1.19 bits per heavy atom. The zero-order chi connectivity index (χ0) is 26.4. The molecule has 2 aliphatic heterocycles. The van der Waals surface area contributed by atoms with Crippen molar-refractivity contribution in [3.05, 3.63) is 78.1 Å². The lowest BCUT2D eigenvalue weighted by Crippen LogP contribution is -2.57. The van der Waals surface area contributed by atoms with E-state index in [0.29, 0.717) is 38.3 Å². The summed E-state index contributed by atoms with van der Waals surface area (Å²) in [7, 11) is 0. The third kappa shape index (κ3) is 6.95. The highest BCUT2D eigenvalue weighted by Gasteiger charge is 2.36. The maximum Gasteiger partial charge on any atom is 0.240 e. The molecule has 2 saturated heterocycles. The van der Waals surface area contributed by atoms with E-state index in [-0.39, 0.29) is 42.7 Å². The van der Waals surface area contributed by atoms with E-state index in [1.807, 2.05) is 30.3 Å². The second kappa shape index (κ2) is 12.0. The number of benzene rings is 2. The largest absolute Gasteiger partial charge is 0.508 e. The molecular weight excluding hydrogens is 475 g/mol. The first-order valence-corrected chi connectivity index (χ1v) is 12.6. The number of piperazine rings is 1. The van der Waals surface area contributed by atoms with Crippen molar-refractivity contribution in [3.63, 3.8) is 0 Å². The molecule has 0 saturated carbocycles. The lowest BCUT2D eigenvalue weighted by atomic mass is 9.96. The van der Waals surface area contributed by atoms with E-state index in [0.717, 1.165) is 11.6 Å². The summed E-state index contributed by atoms with van der Waals surface area (Å²) in [6.07, 6.45) is 2.24. The molecule has 3 amide bonds. The van der Waals surface area contributed by atoms with Gasteiger partial charge in [-0.1, -0.05) is 36.4 Å². The number of phenols is 1. The molecule has 9 heteroatoms. The molecule has 0 spiro atoms. The van der Waals surface area contributed by atoms with Crippen LogP contribution in [0.5, 0.6) is 5.75 Å². The lowest BCUT2D eigenvalue weighted by Gasteiger charge is -2.35. The molecule has 2 fully saturated rings. The Morgan fingerprint density at radius 2 is 1.97 bits per heavy atom. The van der Waals surface area contributed by atoms with Crippen molar-refractivity contribution < 1.29 is 23.9 Å². The first-order chi connectivity index (χ1) is 17.8. The molecule has 0 bridgehead atoms. The van der Waals surface area contributed by atoms with Crippen molar-refractivity contribution in [2.24, 2.45) is 5.92 Å². The smallest absolute Gasteiger partial charge is 0.240 e. The first-order valence-electron chi connectivity index (χ1n) is 12.6. The third-order valence-corrected chi connectivity index (χ3v) is 6.82. The quantitative estimate of drug-likeness (QED) is 0.426. The van der Waals surface area contributed by atoms with Crippen LogP contribution in [0.2, 0.25) is 0 Å². The normalized spacial score (nSPS) is 20.7. The predicted molar refractivity (Wildman–Crippen MR) is 137 cm³/mol. The molecule has 196 valence electrons. The standard InChI is InChI=1S/C28H33FN4O4/c1-2-9-32-18-21(14-26(32)35)27(36)31-23(12-20-11-22(29)15-24(34)13-20)16-25-28(37)33(10-8-30-25)17-19-6-4-3-5-7-19/h2-7,11,13,15,21,23,25,30,34H,1,8-10,12,14,16-18H2,(H,31,36)/t21?,23-,25-/m0/s1. The number of nitrogens with one attached hydrogen (secondary N) is 2. The van der Waals surface area contributed by atoms with Crippen LogP contribution in [-0.4, -0.2) is 70.9 Å². The molecule has 0 aromatic heterocycles. The van der Waals surface area contributed by atoms with Gasteiger partial charge in [0, 0.05) is 51.3 Å². The Labute approximate surface area is 216 Å². The van der Waals surface area contributed by atoms with Gasteiger partial charge in [0.1, 0.15) is 11.6 Å². The Balaban J connectivity index is 1.47. The summed E-state index contributed by atoms with van der Waals surface area (Å²) in [5, 5.41) is 16.1. The first kappa shape index (κ1) is 26.3. The van der Waals surface area contributed by atoms with Gasteiger partial charge in [-0.15, -0.1) is 6.58 Å². The number of likely N-dealkylation sites (tertiary alicyclic amines) is 1. The van der Waals surface area contributed by atoms with Gasteiger partial charge in [-0.05, 0) is 36.1 Å². The van der Waals surface area contributed by atoms with Crippen LogP contribution >= 0.6 is 0 Å². The van der Waals surface area contributed by atoms with Crippen molar-refractivity contribution in [3.8, 4) is 5.75 Å². The van der Waals surface area contributed by atoms with Gasteiger partial charge in [0.15, 0.2) is 0 Å². The lowest BCUT2D eigenvalue weighted by molar-refractivity contribution is -0.137. The number of halogens is 1. The Bertz CT molecular complexity index is 1120. The maximum absolute atomic E-state index is 14.0. The molecule has 2 aliphatic rings. The van der Waals surface area contributed by atoms with Gasteiger partial charge >= 0.3 is 0 Å². The molecule has 3 N–H and O–H groups in total. The fourth-order valence-corrected chi connectivity index (χ4v) is 5.05. The van der Waals surface area contributed by atoms with Crippen LogP contribution in [0.3, 0.4) is 0 Å². The summed E-state index contributed by atoms with van der Waals surface area (Å²) in [6.45, 7) is 6.01. The van der Waals surface area contributed by atoms with E-state index >= 15 is 0 Å². The zero-order valence-electron chi connectivity index (χ0n) is 20.7. The summed E-state index contributed by atoms with van der Waals surface area (Å²) >= 11 is 0. The van der Waals surface area contributed by atoms with E-state index in [9.17, 15) is 23.9 Å². The van der Waals surface area contributed by atoms with Crippen LogP contribution in [0, 0.1) is 11.7 Å². The molecule has 2 heterocycles. The van der Waals surface area contributed by atoms with E-state index in [1.165, 1.54) is 12.1 Å². The van der Waals surface area contributed by atoms with Gasteiger partial charge in [-0.3, -0.25) is 14.4 Å². The summed E-state index contributed by atoms with van der Waals surface area (Å²) in [5.41, 5.74) is 1.54. The SMILES string of the molecule is C=CCN1CC(C(=O)N[C@@H](Cc2cc(O)cc(F)c2)C[C@@H]2NCCN(Cc3ccccc3)C2=O)CC1=O. The van der Waals surface area contributed by atoms with E-state index in [2.05, 4.69) is 17.2 Å². The summed E-state index contributed by atoms with van der Waals surface area (Å²) in [5.74, 6) is -1.75. The minimum absolute atomic E-state index is 0.0651. The number of rotatable bonds is 10. The van der Waals surface area contributed by atoms with Gasteiger partial charge in [0.2, 0.25) is 17.7 Å². The number of carbonyl (C=O) groups excluding carboxylic acids is 3. The molecular formula is C28H33FN4O4. The summed E-state index contributed by atoms with van der Waals surface area (Å²) < 4.78 is 14.0. The Kier molecular flexibility index (Phi) is 8.55. The van der Waals surface area contributed by atoms with Gasteiger partial charge < -0.3 is 25.5 Å². The molecule has 3 atom stereocenters. The highest BCUT2D eigenvalue weighted by molar-refractivity contribution is 5.89. The third-order valence-electron chi connectivity index (χ3n) is 6.82. The number of hydrogen-bond acceptors (Lipinski definition) is 5.